The Morgan fingerprint density at radius 3 is 2.77 bits per heavy atom. The predicted octanol–water partition coefficient (Wildman–Crippen LogP) is 2.32. The highest BCUT2D eigenvalue weighted by Crippen LogP contribution is 2.27. The molecule has 0 aromatic carbocycles. The fourth-order valence-corrected chi connectivity index (χ4v) is 2.10. The fraction of sp³-hybridized carbons (Fsp3) is 0.200. The van der Waals surface area contributed by atoms with Crippen molar-refractivity contribution >= 4 is 5.82 Å². The van der Waals surface area contributed by atoms with E-state index in [1.807, 2.05) is 26.1 Å². The molecule has 7 heteroatoms. The summed E-state index contributed by atoms with van der Waals surface area (Å²) in [7, 11) is 1.85. The monoisotopic (exact) mass is 296 g/mol. The summed E-state index contributed by atoms with van der Waals surface area (Å²) >= 11 is 0. The highest BCUT2D eigenvalue weighted by Gasteiger charge is 2.15. The lowest BCUT2D eigenvalue weighted by molar-refractivity contribution is 0.425. The Kier molecular flexibility index (Phi) is 3.95. The average molecular weight is 296 g/mol. The summed E-state index contributed by atoms with van der Waals surface area (Å²) in [6, 6.07) is 3.69. The van der Waals surface area contributed by atoms with Crippen LogP contribution in [0.3, 0.4) is 0 Å². The summed E-state index contributed by atoms with van der Waals surface area (Å²) in [5.74, 6) is 2.06. The minimum atomic E-state index is 0.550. The van der Waals surface area contributed by atoms with Crippen LogP contribution in [-0.4, -0.2) is 24.7 Å². The van der Waals surface area contributed by atoms with Gasteiger partial charge in [0.1, 0.15) is 11.6 Å². The fourth-order valence-electron chi connectivity index (χ4n) is 2.10. The van der Waals surface area contributed by atoms with E-state index in [1.54, 1.807) is 35.7 Å². The molecule has 0 spiro atoms. The van der Waals surface area contributed by atoms with E-state index in [0.29, 0.717) is 24.0 Å². The van der Waals surface area contributed by atoms with Gasteiger partial charge < -0.3 is 10.1 Å². The van der Waals surface area contributed by atoms with Gasteiger partial charge in [-0.25, -0.2) is 9.67 Å². The van der Waals surface area contributed by atoms with Gasteiger partial charge in [-0.1, -0.05) is 0 Å². The predicted molar refractivity (Wildman–Crippen MR) is 81.6 cm³/mol. The molecule has 0 saturated heterocycles. The van der Waals surface area contributed by atoms with Crippen LogP contribution in [0.4, 0.5) is 5.82 Å². The molecule has 3 aromatic heterocycles. The van der Waals surface area contributed by atoms with Crippen LogP contribution in [0.1, 0.15) is 11.3 Å². The van der Waals surface area contributed by atoms with Crippen LogP contribution in [0, 0.1) is 6.92 Å². The van der Waals surface area contributed by atoms with Crippen LogP contribution >= 0.6 is 0 Å². The minimum absolute atomic E-state index is 0.550. The van der Waals surface area contributed by atoms with Crippen LogP contribution in [0.25, 0.3) is 0 Å². The largest absolute Gasteiger partial charge is 0.437 e. The second-order valence-corrected chi connectivity index (χ2v) is 4.73. The Balaban J connectivity index is 1.81. The van der Waals surface area contributed by atoms with Gasteiger partial charge in [0.05, 0.1) is 23.7 Å². The first kappa shape index (κ1) is 14.0. The lowest BCUT2D eigenvalue weighted by Gasteiger charge is -2.09. The van der Waals surface area contributed by atoms with Crippen molar-refractivity contribution < 1.29 is 4.74 Å². The Morgan fingerprint density at radius 2 is 2.05 bits per heavy atom. The molecule has 0 saturated carbocycles. The molecule has 0 aliphatic rings. The van der Waals surface area contributed by atoms with Crippen LogP contribution in [0.2, 0.25) is 0 Å². The van der Waals surface area contributed by atoms with E-state index in [2.05, 4.69) is 25.4 Å². The highest BCUT2D eigenvalue weighted by molar-refractivity contribution is 5.39. The number of aryl methyl sites for hydroxylation is 2. The number of hydrogen-bond acceptors (Lipinski definition) is 6. The van der Waals surface area contributed by atoms with Crippen molar-refractivity contribution in [1.29, 1.82) is 0 Å². The molecule has 0 radical (unpaired) electrons. The van der Waals surface area contributed by atoms with Crippen molar-refractivity contribution in [2.75, 3.05) is 5.32 Å². The third-order valence-electron chi connectivity index (χ3n) is 3.15. The van der Waals surface area contributed by atoms with E-state index in [0.717, 1.165) is 11.3 Å². The summed E-state index contributed by atoms with van der Waals surface area (Å²) < 4.78 is 7.63. The zero-order chi connectivity index (χ0) is 15.4. The molecular weight excluding hydrogens is 280 g/mol. The van der Waals surface area contributed by atoms with Crippen molar-refractivity contribution in [3.63, 3.8) is 0 Å². The first-order valence-electron chi connectivity index (χ1n) is 6.84. The average Bonchev–Trinajstić information content (AvgIpc) is 2.81. The normalized spacial score (nSPS) is 10.5. The molecule has 0 fully saturated rings. The molecular formula is C15H16N6O. The molecule has 0 atom stereocenters. The maximum Gasteiger partial charge on any atom is 0.222 e. The van der Waals surface area contributed by atoms with E-state index < -0.39 is 0 Å². The zero-order valence-corrected chi connectivity index (χ0v) is 12.4. The third kappa shape index (κ3) is 3.03. The first-order chi connectivity index (χ1) is 10.7. The second-order valence-electron chi connectivity index (χ2n) is 4.73. The van der Waals surface area contributed by atoms with Crippen molar-refractivity contribution in [3.8, 4) is 11.6 Å². The molecule has 7 nitrogen and oxygen atoms in total. The molecule has 0 unspecified atom stereocenters. The number of nitrogens with zero attached hydrogens (tertiary/aromatic N) is 5. The number of ether oxygens (including phenoxy) is 1. The molecule has 112 valence electrons. The number of hydrogen-bond donors (Lipinski definition) is 1. The zero-order valence-electron chi connectivity index (χ0n) is 12.4. The summed E-state index contributed by atoms with van der Waals surface area (Å²) in [6.07, 6.45) is 8.33. The number of aromatic nitrogens is 5. The third-order valence-corrected chi connectivity index (χ3v) is 3.15. The van der Waals surface area contributed by atoms with E-state index in [1.165, 1.54) is 0 Å². The molecule has 3 aromatic rings. The summed E-state index contributed by atoms with van der Waals surface area (Å²) in [4.78, 5) is 12.3. The van der Waals surface area contributed by atoms with Gasteiger partial charge in [0.25, 0.3) is 0 Å². The van der Waals surface area contributed by atoms with E-state index in [-0.39, 0.29) is 0 Å². The van der Waals surface area contributed by atoms with Crippen LogP contribution in [-0.2, 0) is 13.6 Å². The smallest absolute Gasteiger partial charge is 0.222 e. The Morgan fingerprint density at radius 1 is 1.18 bits per heavy atom. The first-order valence-corrected chi connectivity index (χ1v) is 6.84. The standard InChI is InChI=1S/C15H16N6O/c1-11-13(9-19-14-10-17-6-7-18-14)15(21(2)20-11)22-12-4-3-5-16-8-12/h3-8,10H,9H2,1-2H3,(H,18,19). The highest BCUT2D eigenvalue weighted by atomic mass is 16.5. The molecule has 0 aliphatic carbocycles. The molecule has 22 heavy (non-hydrogen) atoms. The van der Waals surface area contributed by atoms with Crippen molar-refractivity contribution in [2.45, 2.75) is 13.5 Å². The topological polar surface area (TPSA) is 77.8 Å². The number of pyridine rings is 1. The molecule has 3 rings (SSSR count). The van der Waals surface area contributed by atoms with Crippen LogP contribution in [0.15, 0.2) is 43.1 Å². The van der Waals surface area contributed by atoms with Gasteiger partial charge in [0, 0.05) is 32.2 Å². The lowest BCUT2D eigenvalue weighted by atomic mass is 10.2. The number of rotatable bonds is 5. The summed E-state index contributed by atoms with van der Waals surface area (Å²) in [5, 5.41) is 7.63. The Hall–Kier alpha value is -2.96. The molecule has 0 bridgehead atoms. The van der Waals surface area contributed by atoms with Crippen molar-refractivity contribution in [1.82, 2.24) is 24.7 Å². The van der Waals surface area contributed by atoms with Gasteiger partial charge in [0.15, 0.2) is 0 Å². The van der Waals surface area contributed by atoms with E-state index >= 15 is 0 Å². The van der Waals surface area contributed by atoms with Gasteiger partial charge >= 0.3 is 0 Å². The van der Waals surface area contributed by atoms with Crippen molar-refractivity contribution in [2.24, 2.45) is 7.05 Å². The molecule has 0 aliphatic heterocycles. The second kappa shape index (κ2) is 6.21. The number of anilines is 1. The Bertz CT molecular complexity index is 741. The van der Waals surface area contributed by atoms with Gasteiger partial charge in [-0.3, -0.25) is 9.97 Å². The molecule has 3 heterocycles. The van der Waals surface area contributed by atoms with Crippen LogP contribution in [0.5, 0.6) is 11.6 Å². The Labute approximate surface area is 128 Å². The molecule has 1 N–H and O–H groups in total. The van der Waals surface area contributed by atoms with Gasteiger partial charge in [-0.15, -0.1) is 0 Å². The van der Waals surface area contributed by atoms with Gasteiger partial charge in [-0.05, 0) is 19.1 Å². The molecule has 0 amide bonds. The quantitative estimate of drug-likeness (QED) is 0.778. The van der Waals surface area contributed by atoms with Crippen LogP contribution < -0.4 is 10.1 Å². The minimum Gasteiger partial charge on any atom is -0.437 e. The summed E-state index contributed by atoms with van der Waals surface area (Å²) in [5.41, 5.74) is 1.87. The SMILES string of the molecule is Cc1nn(C)c(Oc2cccnc2)c1CNc1cnccn1. The van der Waals surface area contributed by atoms with Crippen molar-refractivity contribution in [3.05, 3.63) is 54.4 Å². The van der Waals surface area contributed by atoms with Gasteiger partial charge in [0.2, 0.25) is 5.88 Å². The summed E-state index contributed by atoms with van der Waals surface area (Å²) in [6.45, 7) is 2.50. The van der Waals surface area contributed by atoms with E-state index in [9.17, 15) is 0 Å². The van der Waals surface area contributed by atoms with Gasteiger partial charge in [-0.2, -0.15) is 5.10 Å². The lowest BCUT2D eigenvalue weighted by Crippen LogP contribution is -2.04. The maximum absolute atomic E-state index is 5.91. The van der Waals surface area contributed by atoms with E-state index in [4.69, 9.17) is 4.74 Å². The maximum atomic E-state index is 5.91. The number of nitrogens with one attached hydrogen (secondary N) is 1.